The largest absolute Gasteiger partial charge is 0.504 e. The van der Waals surface area contributed by atoms with Crippen LogP contribution < -0.4 is 18.9 Å². The summed E-state index contributed by atoms with van der Waals surface area (Å²) in [5.41, 5.74) is 2.34. The van der Waals surface area contributed by atoms with Crippen LogP contribution in [0.4, 0.5) is 0 Å². The number of phenolic OH excluding ortho intramolecular Hbond substituents is 1. The van der Waals surface area contributed by atoms with Crippen molar-refractivity contribution >= 4 is 5.57 Å². The fourth-order valence-electron chi connectivity index (χ4n) is 2.75. The number of hydrogen-bond acceptors (Lipinski definition) is 6. The molecule has 0 saturated carbocycles. The van der Waals surface area contributed by atoms with Crippen molar-refractivity contribution < 1.29 is 28.8 Å². The van der Waals surface area contributed by atoms with Crippen LogP contribution >= 0.6 is 0 Å². The number of rotatable bonds is 7. The Hall–Kier alpha value is -3.02. The lowest BCUT2D eigenvalue weighted by atomic mass is 9.95. The van der Waals surface area contributed by atoms with Crippen LogP contribution in [0.15, 0.2) is 36.1 Å². The van der Waals surface area contributed by atoms with Crippen molar-refractivity contribution in [1.29, 1.82) is 0 Å². The molecule has 0 saturated heterocycles. The Morgan fingerprint density at radius 3 is 1.73 bits per heavy atom. The molecule has 0 unspecified atom stereocenters. The highest BCUT2D eigenvalue weighted by Gasteiger charge is 2.19. The van der Waals surface area contributed by atoms with Crippen LogP contribution in [0.3, 0.4) is 0 Å². The summed E-state index contributed by atoms with van der Waals surface area (Å²) in [7, 11) is 7.78. The number of phenols is 1. The standard InChI is InChI=1S/C20H24O6/c1-12(22-2)19(13-7-8-16(23-3)15(21)9-13)14-10-17(24-4)20(26-6)18(11-14)25-5/h7-11,21H,1-6H3/b19-12+. The molecular formula is C20H24O6. The Morgan fingerprint density at radius 2 is 1.31 bits per heavy atom. The molecule has 0 aliphatic rings. The maximum Gasteiger partial charge on any atom is 0.203 e. The van der Waals surface area contributed by atoms with E-state index in [1.165, 1.54) is 7.11 Å². The molecule has 0 aromatic heterocycles. The Morgan fingerprint density at radius 1 is 0.731 bits per heavy atom. The van der Waals surface area contributed by atoms with Gasteiger partial charge in [-0.1, -0.05) is 6.07 Å². The third kappa shape index (κ3) is 3.64. The lowest BCUT2D eigenvalue weighted by Gasteiger charge is -2.18. The average Bonchev–Trinajstić information content (AvgIpc) is 2.67. The van der Waals surface area contributed by atoms with E-state index in [1.54, 1.807) is 40.6 Å². The summed E-state index contributed by atoms with van der Waals surface area (Å²) >= 11 is 0. The molecule has 2 rings (SSSR count). The fraction of sp³-hybridized carbons (Fsp3) is 0.300. The van der Waals surface area contributed by atoms with Gasteiger partial charge in [-0.15, -0.1) is 0 Å². The van der Waals surface area contributed by atoms with Crippen molar-refractivity contribution in [1.82, 2.24) is 0 Å². The molecule has 2 aromatic rings. The minimum Gasteiger partial charge on any atom is -0.504 e. The van der Waals surface area contributed by atoms with Crippen LogP contribution in [0, 0.1) is 0 Å². The molecule has 0 bridgehead atoms. The van der Waals surface area contributed by atoms with Crippen molar-refractivity contribution in [3.8, 4) is 28.7 Å². The Kier molecular flexibility index (Phi) is 6.22. The summed E-state index contributed by atoms with van der Waals surface area (Å²) in [6, 6.07) is 8.84. The zero-order chi connectivity index (χ0) is 19.3. The molecule has 2 aromatic carbocycles. The van der Waals surface area contributed by atoms with E-state index in [2.05, 4.69) is 0 Å². The second-order valence-electron chi connectivity index (χ2n) is 5.44. The van der Waals surface area contributed by atoms with E-state index in [0.717, 1.165) is 16.7 Å². The normalized spacial score (nSPS) is 11.5. The van der Waals surface area contributed by atoms with Gasteiger partial charge in [-0.05, 0) is 42.3 Å². The zero-order valence-electron chi connectivity index (χ0n) is 15.9. The van der Waals surface area contributed by atoms with Gasteiger partial charge in [0.1, 0.15) is 5.76 Å². The molecule has 140 valence electrons. The predicted molar refractivity (Wildman–Crippen MR) is 99.5 cm³/mol. The third-order valence-electron chi connectivity index (χ3n) is 4.08. The highest BCUT2D eigenvalue weighted by molar-refractivity contribution is 5.84. The number of ether oxygens (including phenoxy) is 5. The first kappa shape index (κ1) is 19.3. The van der Waals surface area contributed by atoms with Gasteiger partial charge >= 0.3 is 0 Å². The van der Waals surface area contributed by atoms with E-state index in [1.807, 2.05) is 25.1 Å². The molecule has 1 N–H and O–H groups in total. The van der Waals surface area contributed by atoms with Gasteiger partial charge in [-0.25, -0.2) is 0 Å². The lowest BCUT2D eigenvalue weighted by Crippen LogP contribution is -2.00. The average molecular weight is 360 g/mol. The van der Waals surface area contributed by atoms with Gasteiger partial charge in [0, 0.05) is 5.57 Å². The van der Waals surface area contributed by atoms with E-state index >= 15 is 0 Å². The highest BCUT2D eigenvalue weighted by atomic mass is 16.5. The molecule has 0 amide bonds. The molecule has 6 nitrogen and oxygen atoms in total. The molecule has 0 fully saturated rings. The maximum absolute atomic E-state index is 10.2. The number of aromatic hydroxyl groups is 1. The molecule has 0 aliphatic carbocycles. The number of allylic oxidation sites excluding steroid dienone is 1. The number of methoxy groups -OCH3 is 5. The van der Waals surface area contributed by atoms with Crippen molar-refractivity contribution in [2.24, 2.45) is 0 Å². The van der Waals surface area contributed by atoms with Gasteiger partial charge in [-0.3, -0.25) is 0 Å². The minimum atomic E-state index is 0.0406. The third-order valence-corrected chi connectivity index (χ3v) is 4.08. The first-order chi connectivity index (χ1) is 12.5. The van der Waals surface area contributed by atoms with Crippen LogP contribution in [0.25, 0.3) is 5.57 Å². The van der Waals surface area contributed by atoms with Crippen molar-refractivity contribution in [3.63, 3.8) is 0 Å². The molecule has 0 radical (unpaired) electrons. The summed E-state index contributed by atoms with van der Waals surface area (Å²) < 4.78 is 26.9. The molecule has 0 spiro atoms. The number of benzene rings is 2. The lowest BCUT2D eigenvalue weighted by molar-refractivity contribution is 0.296. The molecular weight excluding hydrogens is 336 g/mol. The van der Waals surface area contributed by atoms with Crippen LogP contribution in [-0.2, 0) is 4.74 Å². The van der Waals surface area contributed by atoms with E-state index in [-0.39, 0.29) is 5.75 Å². The smallest absolute Gasteiger partial charge is 0.203 e. The summed E-state index contributed by atoms with van der Waals surface area (Å²) in [5, 5.41) is 10.2. The maximum atomic E-state index is 10.2. The summed E-state index contributed by atoms with van der Waals surface area (Å²) in [6.07, 6.45) is 0. The SMILES string of the molecule is CO/C(C)=C(\c1ccc(OC)c(O)c1)c1cc(OC)c(OC)c(OC)c1. The van der Waals surface area contributed by atoms with Gasteiger partial charge in [0.15, 0.2) is 23.0 Å². The van der Waals surface area contributed by atoms with Crippen molar-refractivity contribution in [2.75, 3.05) is 35.5 Å². The summed E-state index contributed by atoms with van der Waals surface area (Å²) in [6.45, 7) is 1.85. The first-order valence-corrected chi connectivity index (χ1v) is 7.93. The summed E-state index contributed by atoms with van der Waals surface area (Å²) in [4.78, 5) is 0. The molecule has 26 heavy (non-hydrogen) atoms. The zero-order valence-corrected chi connectivity index (χ0v) is 15.9. The van der Waals surface area contributed by atoms with Crippen LogP contribution in [0.5, 0.6) is 28.7 Å². The minimum absolute atomic E-state index is 0.0406. The second kappa shape index (κ2) is 8.38. The second-order valence-corrected chi connectivity index (χ2v) is 5.44. The topological polar surface area (TPSA) is 66.4 Å². The Bertz CT molecular complexity index is 785. The Labute approximate surface area is 153 Å². The first-order valence-electron chi connectivity index (χ1n) is 7.93. The monoisotopic (exact) mass is 360 g/mol. The molecule has 0 atom stereocenters. The molecule has 6 heteroatoms. The van der Waals surface area contributed by atoms with E-state index in [0.29, 0.717) is 28.8 Å². The molecule has 0 heterocycles. The van der Waals surface area contributed by atoms with Crippen LogP contribution in [0.2, 0.25) is 0 Å². The van der Waals surface area contributed by atoms with Gasteiger partial charge in [-0.2, -0.15) is 0 Å². The fourth-order valence-corrected chi connectivity index (χ4v) is 2.75. The van der Waals surface area contributed by atoms with Crippen LogP contribution in [0.1, 0.15) is 18.1 Å². The van der Waals surface area contributed by atoms with E-state index < -0.39 is 0 Å². The van der Waals surface area contributed by atoms with E-state index in [4.69, 9.17) is 23.7 Å². The van der Waals surface area contributed by atoms with E-state index in [9.17, 15) is 5.11 Å². The van der Waals surface area contributed by atoms with Gasteiger partial charge < -0.3 is 28.8 Å². The number of hydrogen-bond donors (Lipinski definition) is 1. The quantitative estimate of drug-likeness (QED) is 0.757. The summed E-state index contributed by atoms with van der Waals surface area (Å²) in [5.74, 6) is 2.67. The predicted octanol–water partition coefficient (Wildman–Crippen LogP) is 3.85. The highest BCUT2D eigenvalue weighted by Crippen LogP contribution is 2.42. The van der Waals surface area contributed by atoms with Gasteiger partial charge in [0.2, 0.25) is 5.75 Å². The van der Waals surface area contributed by atoms with Crippen molar-refractivity contribution in [2.45, 2.75) is 6.92 Å². The van der Waals surface area contributed by atoms with Gasteiger partial charge in [0.25, 0.3) is 0 Å². The Balaban J connectivity index is 2.72. The van der Waals surface area contributed by atoms with Crippen molar-refractivity contribution in [3.05, 3.63) is 47.2 Å². The molecule has 0 aliphatic heterocycles. The van der Waals surface area contributed by atoms with Crippen LogP contribution in [-0.4, -0.2) is 40.7 Å². The van der Waals surface area contributed by atoms with Gasteiger partial charge in [0.05, 0.1) is 35.5 Å².